The summed E-state index contributed by atoms with van der Waals surface area (Å²) < 4.78 is 0. The maximum absolute atomic E-state index is 12.2. The SMILES string of the molecule is CCCNC(=O)CSc1ccc(C(=O)C(CC)CC)cc1. The molecule has 0 fully saturated rings. The molecule has 0 aliphatic rings. The fraction of sp³-hybridized carbons (Fsp3) is 0.529. The second-order valence-corrected chi connectivity index (χ2v) is 6.09. The molecule has 0 spiro atoms. The summed E-state index contributed by atoms with van der Waals surface area (Å²) in [5, 5.41) is 2.85. The van der Waals surface area contributed by atoms with E-state index < -0.39 is 0 Å². The zero-order valence-electron chi connectivity index (χ0n) is 13.1. The number of Topliss-reactive ketones (excluding diaryl/α,β-unsaturated/α-hetero) is 1. The van der Waals surface area contributed by atoms with Crippen molar-refractivity contribution in [3.8, 4) is 0 Å². The summed E-state index contributed by atoms with van der Waals surface area (Å²) in [6.07, 6.45) is 2.70. The lowest BCUT2D eigenvalue weighted by molar-refractivity contribution is -0.118. The predicted molar refractivity (Wildman–Crippen MR) is 88.9 cm³/mol. The van der Waals surface area contributed by atoms with Crippen molar-refractivity contribution in [1.29, 1.82) is 0 Å². The summed E-state index contributed by atoms with van der Waals surface area (Å²) in [5.74, 6) is 0.805. The predicted octanol–water partition coefficient (Wildman–Crippen LogP) is 3.92. The summed E-state index contributed by atoms with van der Waals surface area (Å²) in [6.45, 7) is 6.85. The molecular weight excluding hydrogens is 282 g/mol. The molecule has 0 aliphatic carbocycles. The van der Waals surface area contributed by atoms with Crippen molar-refractivity contribution < 1.29 is 9.59 Å². The number of hydrogen-bond donors (Lipinski definition) is 1. The highest BCUT2D eigenvalue weighted by Crippen LogP contribution is 2.21. The molecule has 1 aromatic carbocycles. The van der Waals surface area contributed by atoms with Crippen molar-refractivity contribution >= 4 is 23.5 Å². The van der Waals surface area contributed by atoms with Crippen LogP contribution < -0.4 is 5.32 Å². The van der Waals surface area contributed by atoms with E-state index in [1.165, 1.54) is 11.8 Å². The lowest BCUT2D eigenvalue weighted by atomic mass is 9.93. The first-order valence-corrected chi connectivity index (χ1v) is 8.64. The van der Waals surface area contributed by atoms with Crippen LogP contribution in [0.2, 0.25) is 0 Å². The van der Waals surface area contributed by atoms with Crippen LogP contribution in [0.4, 0.5) is 0 Å². The van der Waals surface area contributed by atoms with Gasteiger partial charge in [0.15, 0.2) is 5.78 Å². The topological polar surface area (TPSA) is 46.2 Å². The van der Waals surface area contributed by atoms with E-state index >= 15 is 0 Å². The highest BCUT2D eigenvalue weighted by Gasteiger charge is 2.16. The van der Waals surface area contributed by atoms with Crippen molar-refractivity contribution in [2.24, 2.45) is 5.92 Å². The molecule has 0 saturated carbocycles. The number of amides is 1. The lowest BCUT2D eigenvalue weighted by Crippen LogP contribution is -2.25. The normalized spacial score (nSPS) is 10.7. The molecular formula is C17H25NO2S. The smallest absolute Gasteiger partial charge is 0.230 e. The zero-order chi connectivity index (χ0) is 15.7. The molecule has 0 radical (unpaired) electrons. The van der Waals surface area contributed by atoms with Gasteiger partial charge in [-0.05, 0) is 31.4 Å². The maximum Gasteiger partial charge on any atom is 0.230 e. The number of thioether (sulfide) groups is 1. The third kappa shape index (κ3) is 5.92. The first-order valence-electron chi connectivity index (χ1n) is 7.66. The van der Waals surface area contributed by atoms with Crippen LogP contribution in [-0.2, 0) is 4.79 Å². The molecule has 1 rings (SSSR count). The second kappa shape index (κ2) is 9.61. The number of carbonyl (C=O) groups excluding carboxylic acids is 2. The van der Waals surface area contributed by atoms with Crippen LogP contribution >= 0.6 is 11.8 Å². The number of rotatable bonds is 9. The molecule has 0 aliphatic heterocycles. The van der Waals surface area contributed by atoms with Gasteiger partial charge in [-0.1, -0.05) is 32.9 Å². The lowest BCUT2D eigenvalue weighted by Gasteiger charge is -2.11. The van der Waals surface area contributed by atoms with E-state index in [2.05, 4.69) is 5.32 Å². The van der Waals surface area contributed by atoms with E-state index in [4.69, 9.17) is 0 Å². The van der Waals surface area contributed by atoms with Crippen LogP contribution in [0.25, 0.3) is 0 Å². The van der Waals surface area contributed by atoms with Crippen LogP contribution in [0.15, 0.2) is 29.2 Å². The Kier molecular flexibility index (Phi) is 8.13. The van der Waals surface area contributed by atoms with Gasteiger partial charge in [-0.3, -0.25) is 9.59 Å². The molecule has 0 bridgehead atoms. The van der Waals surface area contributed by atoms with Crippen molar-refractivity contribution in [1.82, 2.24) is 5.32 Å². The first kappa shape index (κ1) is 17.8. The molecule has 0 atom stereocenters. The molecule has 0 aromatic heterocycles. The van der Waals surface area contributed by atoms with E-state index in [1.807, 2.05) is 45.0 Å². The molecule has 3 nitrogen and oxygen atoms in total. The van der Waals surface area contributed by atoms with Gasteiger partial charge in [0.05, 0.1) is 5.75 Å². The second-order valence-electron chi connectivity index (χ2n) is 5.04. The highest BCUT2D eigenvalue weighted by molar-refractivity contribution is 8.00. The van der Waals surface area contributed by atoms with Crippen LogP contribution in [0.1, 0.15) is 50.4 Å². The van der Waals surface area contributed by atoms with E-state index in [0.717, 1.165) is 36.3 Å². The monoisotopic (exact) mass is 307 g/mol. The van der Waals surface area contributed by atoms with Gasteiger partial charge < -0.3 is 5.32 Å². The van der Waals surface area contributed by atoms with Gasteiger partial charge in [-0.15, -0.1) is 11.8 Å². The van der Waals surface area contributed by atoms with Crippen molar-refractivity contribution in [2.45, 2.75) is 44.9 Å². The Bertz CT molecular complexity index is 452. The van der Waals surface area contributed by atoms with Gasteiger partial charge in [0.2, 0.25) is 5.91 Å². The zero-order valence-corrected chi connectivity index (χ0v) is 14.0. The van der Waals surface area contributed by atoms with Crippen LogP contribution in [0.3, 0.4) is 0 Å². The minimum absolute atomic E-state index is 0.0547. The van der Waals surface area contributed by atoms with Gasteiger partial charge in [-0.2, -0.15) is 0 Å². The van der Waals surface area contributed by atoms with E-state index in [-0.39, 0.29) is 17.6 Å². The van der Waals surface area contributed by atoms with Gasteiger partial charge in [0.1, 0.15) is 0 Å². The Hall–Kier alpha value is -1.29. The van der Waals surface area contributed by atoms with Crippen LogP contribution in [0, 0.1) is 5.92 Å². The Morgan fingerprint density at radius 1 is 1.10 bits per heavy atom. The Labute approximate surface area is 131 Å². The Morgan fingerprint density at radius 2 is 1.71 bits per heavy atom. The van der Waals surface area contributed by atoms with Crippen molar-refractivity contribution in [3.05, 3.63) is 29.8 Å². The third-order valence-electron chi connectivity index (χ3n) is 3.44. The molecule has 0 saturated heterocycles. The summed E-state index contributed by atoms with van der Waals surface area (Å²) in [6, 6.07) is 7.58. The maximum atomic E-state index is 12.2. The fourth-order valence-corrected chi connectivity index (χ4v) is 2.80. The number of nitrogens with one attached hydrogen (secondary N) is 1. The van der Waals surface area contributed by atoms with Crippen LogP contribution in [0.5, 0.6) is 0 Å². The van der Waals surface area contributed by atoms with E-state index in [0.29, 0.717) is 5.75 Å². The Balaban J connectivity index is 2.54. The largest absolute Gasteiger partial charge is 0.355 e. The van der Waals surface area contributed by atoms with E-state index in [9.17, 15) is 9.59 Å². The molecule has 21 heavy (non-hydrogen) atoms. The number of ketones is 1. The number of hydrogen-bond acceptors (Lipinski definition) is 3. The third-order valence-corrected chi connectivity index (χ3v) is 4.45. The Morgan fingerprint density at radius 3 is 2.24 bits per heavy atom. The van der Waals surface area contributed by atoms with Gasteiger partial charge in [0, 0.05) is 22.9 Å². The molecule has 1 aromatic rings. The molecule has 1 N–H and O–H groups in total. The van der Waals surface area contributed by atoms with Crippen LogP contribution in [-0.4, -0.2) is 24.0 Å². The van der Waals surface area contributed by atoms with Gasteiger partial charge in [-0.25, -0.2) is 0 Å². The molecule has 4 heteroatoms. The fourth-order valence-electron chi connectivity index (χ4n) is 2.07. The minimum Gasteiger partial charge on any atom is -0.355 e. The summed E-state index contributed by atoms with van der Waals surface area (Å²) in [4.78, 5) is 24.8. The van der Waals surface area contributed by atoms with Gasteiger partial charge >= 0.3 is 0 Å². The van der Waals surface area contributed by atoms with Crippen molar-refractivity contribution in [3.63, 3.8) is 0 Å². The molecule has 0 unspecified atom stereocenters. The van der Waals surface area contributed by atoms with Crippen molar-refractivity contribution in [2.75, 3.05) is 12.3 Å². The molecule has 0 heterocycles. The summed E-state index contributed by atoms with van der Waals surface area (Å²) in [7, 11) is 0. The standard InChI is InChI=1S/C17H25NO2S/c1-4-11-18-16(19)12-21-15-9-7-14(8-10-15)17(20)13(5-2)6-3/h7-10,13H,4-6,11-12H2,1-3H3,(H,18,19). The average Bonchev–Trinajstić information content (AvgIpc) is 2.52. The first-order chi connectivity index (χ1) is 10.1. The number of benzene rings is 1. The van der Waals surface area contributed by atoms with E-state index in [1.54, 1.807) is 0 Å². The minimum atomic E-state index is 0.0547. The highest BCUT2D eigenvalue weighted by atomic mass is 32.2. The molecule has 1 amide bonds. The number of carbonyl (C=O) groups is 2. The summed E-state index contributed by atoms with van der Waals surface area (Å²) in [5.41, 5.74) is 0.767. The quantitative estimate of drug-likeness (QED) is 0.555. The molecule has 116 valence electrons. The van der Waals surface area contributed by atoms with Gasteiger partial charge in [0.25, 0.3) is 0 Å². The average molecular weight is 307 g/mol. The summed E-state index contributed by atoms with van der Waals surface area (Å²) >= 11 is 1.50.